The van der Waals surface area contributed by atoms with Gasteiger partial charge in [-0.25, -0.2) is 5.32 Å². The summed E-state index contributed by atoms with van der Waals surface area (Å²) in [6.07, 6.45) is 1.33. The molecule has 1 heterocycles. The molecule has 1 aliphatic heterocycles. The van der Waals surface area contributed by atoms with Crippen LogP contribution in [0.15, 0.2) is 0 Å². The van der Waals surface area contributed by atoms with E-state index in [2.05, 4.69) is 5.32 Å². The lowest BCUT2D eigenvalue weighted by molar-refractivity contribution is 0.515. The summed E-state index contributed by atoms with van der Waals surface area (Å²) in [5, 5.41) is 3.92. The summed E-state index contributed by atoms with van der Waals surface area (Å²) in [7, 11) is 0. The molecule has 1 fully saturated rings. The van der Waals surface area contributed by atoms with Crippen molar-refractivity contribution in [1.29, 1.82) is 0 Å². The third kappa shape index (κ3) is 1.19. The Bertz CT molecular complexity index is 14.9. The highest BCUT2D eigenvalue weighted by atomic mass is 35.5. The molecule has 0 amide bonds. The monoisotopic (exact) mass is 92.0 g/mol. The van der Waals surface area contributed by atoms with Crippen molar-refractivity contribution in [3.05, 3.63) is 0 Å². The summed E-state index contributed by atoms with van der Waals surface area (Å²) in [6.45, 7) is 2.25. The van der Waals surface area contributed by atoms with Crippen molar-refractivity contribution in [3.63, 3.8) is 0 Å². The Balaban J connectivity index is 0.000000160. The van der Waals surface area contributed by atoms with Gasteiger partial charge in [-0.15, -0.1) is 12.4 Å². The summed E-state index contributed by atoms with van der Waals surface area (Å²) < 4.78 is 0. The standard InChI is InChI=1S/C3H6N.ClH/c1-2-4-3-1;/h1-3H2;1H. The highest BCUT2D eigenvalue weighted by molar-refractivity contribution is 5.85. The lowest BCUT2D eigenvalue weighted by atomic mass is 10.3. The zero-order valence-corrected chi connectivity index (χ0v) is 3.79. The smallest absolute Gasteiger partial charge is 0.0146 e. The van der Waals surface area contributed by atoms with Crippen molar-refractivity contribution in [3.8, 4) is 0 Å². The van der Waals surface area contributed by atoms with Crippen molar-refractivity contribution < 1.29 is 0 Å². The van der Waals surface area contributed by atoms with E-state index in [-0.39, 0.29) is 12.4 Å². The van der Waals surface area contributed by atoms with Gasteiger partial charge in [0.25, 0.3) is 0 Å². The molecule has 0 atom stereocenters. The molecule has 1 radical (unpaired) electrons. The summed E-state index contributed by atoms with van der Waals surface area (Å²) in [5.41, 5.74) is 0. The van der Waals surface area contributed by atoms with Crippen molar-refractivity contribution >= 4 is 12.4 Å². The van der Waals surface area contributed by atoms with E-state index in [0.717, 1.165) is 13.1 Å². The number of halogens is 1. The first-order valence-corrected chi connectivity index (χ1v) is 1.63. The van der Waals surface area contributed by atoms with E-state index < -0.39 is 0 Å². The molecular formula is C3H7ClN. The second-order valence-corrected chi connectivity index (χ2v) is 1.02. The predicted octanol–water partition coefficient (Wildman–Crippen LogP) is 0.416. The van der Waals surface area contributed by atoms with Gasteiger partial charge in [0.2, 0.25) is 0 Å². The normalized spacial score (nSPS) is 19.2. The second kappa shape index (κ2) is 2.49. The van der Waals surface area contributed by atoms with E-state index in [1.165, 1.54) is 6.42 Å². The van der Waals surface area contributed by atoms with Crippen molar-refractivity contribution in [2.45, 2.75) is 6.42 Å². The lowest BCUT2D eigenvalue weighted by Crippen LogP contribution is -2.21. The predicted molar refractivity (Wildman–Crippen MR) is 23.7 cm³/mol. The average Bonchev–Trinajstić information content (AvgIpc) is 0.722. The SMILES string of the molecule is C1C[N]C1.Cl. The topological polar surface area (TPSA) is 14.1 Å². The molecule has 1 aliphatic rings. The molecule has 1 saturated heterocycles. The van der Waals surface area contributed by atoms with Crippen LogP contribution in [0.2, 0.25) is 0 Å². The van der Waals surface area contributed by atoms with Crippen LogP contribution >= 0.6 is 12.4 Å². The summed E-state index contributed by atoms with van der Waals surface area (Å²) in [4.78, 5) is 0. The number of hydrogen-bond donors (Lipinski definition) is 0. The Labute approximate surface area is 38.2 Å². The van der Waals surface area contributed by atoms with Gasteiger partial charge >= 0.3 is 0 Å². The molecule has 0 spiro atoms. The van der Waals surface area contributed by atoms with Gasteiger partial charge in [0.15, 0.2) is 0 Å². The van der Waals surface area contributed by atoms with Gasteiger partial charge < -0.3 is 0 Å². The molecule has 2 heteroatoms. The fraction of sp³-hybridized carbons (Fsp3) is 1.00. The zero-order chi connectivity index (χ0) is 2.83. The fourth-order valence-corrected chi connectivity index (χ4v) is 0.158. The Morgan fingerprint density at radius 1 is 1.20 bits per heavy atom. The Morgan fingerprint density at radius 2 is 1.40 bits per heavy atom. The van der Waals surface area contributed by atoms with Crippen LogP contribution < -0.4 is 5.32 Å². The summed E-state index contributed by atoms with van der Waals surface area (Å²) >= 11 is 0. The van der Waals surface area contributed by atoms with E-state index in [1.54, 1.807) is 0 Å². The largest absolute Gasteiger partial charge is 0.242 e. The molecule has 0 aliphatic carbocycles. The minimum atomic E-state index is 0. The van der Waals surface area contributed by atoms with Crippen LogP contribution in [0.5, 0.6) is 0 Å². The van der Waals surface area contributed by atoms with Crippen molar-refractivity contribution in [1.82, 2.24) is 5.32 Å². The molecule has 0 bridgehead atoms. The van der Waals surface area contributed by atoms with Crippen LogP contribution in [0.3, 0.4) is 0 Å². The molecule has 1 nitrogen and oxygen atoms in total. The van der Waals surface area contributed by atoms with Gasteiger partial charge in [-0.05, 0) is 6.42 Å². The fourth-order valence-electron chi connectivity index (χ4n) is 0.158. The van der Waals surface area contributed by atoms with Gasteiger partial charge in [-0.1, -0.05) is 0 Å². The highest BCUT2D eigenvalue weighted by Gasteiger charge is 1.95. The van der Waals surface area contributed by atoms with Gasteiger partial charge in [-0.3, -0.25) is 0 Å². The Kier molecular flexibility index (Phi) is 2.61. The minimum absolute atomic E-state index is 0. The average molecular weight is 92.5 g/mol. The maximum Gasteiger partial charge on any atom is 0.0146 e. The molecule has 5 heavy (non-hydrogen) atoms. The second-order valence-electron chi connectivity index (χ2n) is 1.02. The van der Waals surface area contributed by atoms with E-state index in [1.807, 2.05) is 0 Å². The highest BCUT2D eigenvalue weighted by Crippen LogP contribution is 1.84. The first kappa shape index (κ1) is 5.25. The number of nitrogens with zero attached hydrogens (tertiary/aromatic N) is 1. The van der Waals surface area contributed by atoms with Gasteiger partial charge in [0.1, 0.15) is 0 Å². The van der Waals surface area contributed by atoms with Crippen LogP contribution in [-0.2, 0) is 0 Å². The summed E-state index contributed by atoms with van der Waals surface area (Å²) in [6, 6.07) is 0. The molecule has 0 saturated carbocycles. The zero-order valence-electron chi connectivity index (χ0n) is 2.98. The van der Waals surface area contributed by atoms with Crippen LogP contribution in [-0.4, -0.2) is 13.1 Å². The number of hydrogen-bond acceptors (Lipinski definition) is 0. The van der Waals surface area contributed by atoms with Gasteiger partial charge in [-0.2, -0.15) is 0 Å². The van der Waals surface area contributed by atoms with Crippen molar-refractivity contribution in [2.24, 2.45) is 0 Å². The maximum absolute atomic E-state index is 3.92. The van der Waals surface area contributed by atoms with E-state index in [0.29, 0.717) is 0 Å². The maximum atomic E-state index is 3.92. The Hall–Kier alpha value is 0.250. The minimum Gasteiger partial charge on any atom is -0.242 e. The molecule has 0 aromatic rings. The van der Waals surface area contributed by atoms with Crippen LogP contribution in [0.1, 0.15) is 6.42 Å². The third-order valence-corrected chi connectivity index (χ3v) is 0.632. The lowest BCUT2D eigenvalue weighted by Gasteiger charge is -2.06. The van der Waals surface area contributed by atoms with E-state index in [4.69, 9.17) is 0 Å². The molecule has 31 valence electrons. The first-order valence-electron chi connectivity index (χ1n) is 1.63. The number of rotatable bonds is 0. The molecule has 0 aromatic heterocycles. The van der Waals surface area contributed by atoms with E-state index in [9.17, 15) is 0 Å². The molecule has 0 N–H and O–H groups in total. The molecule has 1 rings (SSSR count). The van der Waals surface area contributed by atoms with Crippen molar-refractivity contribution in [2.75, 3.05) is 13.1 Å². The Morgan fingerprint density at radius 3 is 1.40 bits per heavy atom. The van der Waals surface area contributed by atoms with Crippen LogP contribution in [0, 0.1) is 0 Å². The van der Waals surface area contributed by atoms with Gasteiger partial charge in [0.05, 0.1) is 0 Å². The van der Waals surface area contributed by atoms with Crippen LogP contribution in [0.4, 0.5) is 0 Å². The van der Waals surface area contributed by atoms with E-state index >= 15 is 0 Å². The quantitative estimate of drug-likeness (QED) is 0.411. The molecular weight excluding hydrogens is 85.5 g/mol. The molecule has 0 unspecified atom stereocenters. The molecule has 0 aromatic carbocycles. The first-order chi connectivity index (χ1) is 2.00. The third-order valence-electron chi connectivity index (χ3n) is 0.632. The summed E-state index contributed by atoms with van der Waals surface area (Å²) in [5.74, 6) is 0. The van der Waals surface area contributed by atoms with Crippen LogP contribution in [0.25, 0.3) is 0 Å². The van der Waals surface area contributed by atoms with Gasteiger partial charge in [0, 0.05) is 13.1 Å².